The Bertz CT molecular complexity index is 958. The molecule has 28 heavy (non-hydrogen) atoms. The van der Waals surface area contributed by atoms with Gasteiger partial charge in [-0.15, -0.1) is 0 Å². The van der Waals surface area contributed by atoms with Crippen LogP contribution in [0.1, 0.15) is 12.8 Å². The molecule has 0 unspecified atom stereocenters. The van der Waals surface area contributed by atoms with Crippen LogP contribution in [0, 0.1) is 11.6 Å². The molecule has 0 aliphatic carbocycles. The van der Waals surface area contributed by atoms with Crippen molar-refractivity contribution in [1.82, 2.24) is 14.3 Å². The van der Waals surface area contributed by atoms with E-state index in [9.17, 15) is 17.2 Å². The van der Waals surface area contributed by atoms with Gasteiger partial charge in [-0.25, -0.2) is 27.2 Å². The van der Waals surface area contributed by atoms with Crippen molar-refractivity contribution < 1.29 is 17.2 Å². The number of aromatic nitrogens is 2. The van der Waals surface area contributed by atoms with E-state index in [0.29, 0.717) is 13.1 Å². The predicted molar refractivity (Wildman–Crippen MR) is 101 cm³/mol. The number of rotatable bonds is 4. The molecule has 0 atom stereocenters. The molecule has 2 aromatic rings. The Labute approximate surface area is 162 Å². The molecule has 150 valence electrons. The Morgan fingerprint density at radius 3 is 2.00 bits per heavy atom. The molecular formula is C18H21F2N5O2S. The molecule has 2 fully saturated rings. The number of halogens is 2. The molecule has 0 N–H and O–H groups in total. The molecule has 0 amide bonds. The van der Waals surface area contributed by atoms with E-state index in [0.717, 1.165) is 55.8 Å². The van der Waals surface area contributed by atoms with Crippen LogP contribution in [0.15, 0.2) is 35.5 Å². The number of hydrogen-bond donors (Lipinski definition) is 0. The number of benzene rings is 1. The van der Waals surface area contributed by atoms with Crippen molar-refractivity contribution in [2.45, 2.75) is 17.7 Å². The highest BCUT2D eigenvalue weighted by molar-refractivity contribution is 7.89. The first-order valence-corrected chi connectivity index (χ1v) is 10.7. The van der Waals surface area contributed by atoms with Crippen LogP contribution in [-0.2, 0) is 10.0 Å². The van der Waals surface area contributed by atoms with Crippen LogP contribution in [0.3, 0.4) is 0 Å². The Hall–Kier alpha value is -2.33. The fraction of sp³-hybridized carbons (Fsp3) is 0.444. The minimum Gasteiger partial charge on any atom is -0.356 e. The molecule has 7 nitrogen and oxygen atoms in total. The predicted octanol–water partition coefficient (Wildman–Crippen LogP) is 1.87. The molecule has 1 aromatic carbocycles. The van der Waals surface area contributed by atoms with Crippen molar-refractivity contribution in [3.8, 4) is 0 Å². The molecule has 0 radical (unpaired) electrons. The molecule has 2 aliphatic heterocycles. The van der Waals surface area contributed by atoms with Crippen LogP contribution in [0.25, 0.3) is 0 Å². The lowest BCUT2D eigenvalue weighted by Gasteiger charge is -2.34. The van der Waals surface area contributed by atoms with Crippen LogP contribution in [-0.4, -0.2) is 62.0 Å². The average molecular weight is 409 g/mol. The second kappa shape index (κ2) is 7.59. The van der Waals surface area contributed by atoms with Gasteiger partial charge in [-0.3, -0.25) is 0 Å². The molecule has 2 saturated heterocycles. The molecule has 3 heterocycles. The van der Waals surface area contributed by atoms with Crippen LogP contribution in [0.2, 0.25) is 0 Å². The summed E-state index contributed by atoms with van der Waals surface area (Å²) in [4.78, 5) is 12.7. The topological polar surface area (TPSA) is 69.6 Å². The summed E-state index contributed by atoms with van der Waals surface area (Å²) in [5, 5.41) is 0. The second-order valence-corrected chi connectivity index (χ2v) is 8.83. The highest BCUT2D eigenvalue weighted by atomic mass is 32.2. The van der Waals surface area contributed by atoms with Gasteiger partial charge in [0.25, 0.3) is 0 Å². The molecule has 0 spiro atoms. The Morgan fingerprint density at radius 2 is 1.39 bits per heavy atom. The summed E-state index contributed by atoms with van der Waals surface area (Å²) in [7, 11) is -3.87. The zero-order valence-electron chi connectivity index (χ0n) is 15.3. The summed E-state index contributed by atoms with van der Waals surface area (Å²) in [5.74, 6) is -0.586. The third-order valence-electron chi connectivity index (χ3n) is 5.16. The van der Waals surface area contributed by atoms with E-state index in [1.165, 1.54) is 10.6 Å². The fourth-order valence-electron chi connectivity index (χ4n) is 3.57. The van der Waals surface area contributed by atoms with Crippen molar-refractivity contribution in [3.05, 3.63) is 42.2 Å². The van der Waals surface area contributed by atoms with E-state index in [-0.39, 0.29) is 18.0 Å². The third-order valence-corrected chi connectivity index (χ3v) is 7.05. The van der Waals surface area contributed by atoms with Gasteiger partial charge < -0.3 is 9.80 Å². The number of anilines is 2. The number of hydrogen-bond acceptors (Lipinski definition) is 6. The lowest BCUT2D eigenvalue weighted by atomic mass is 10.3. The lowest BCUT2D eigenvalue weighted by molar-refractivity contribution is 0.383. The monoisotopic (exact) mass is 409 g/mol. The Balaban J connectivity index is 1.45. The summed E-state index contributed by atoms with van der Waals surface area (Å²) in [6, 6.07) is 4.58. The van der Waals surface area contributed by atoms with Gasteiger partial charge in [-0.2, -0.15) is 4.31 Å². The summed E-state index contributed by atoms with van der Waals surface area (Å²) in [6.45, 7) is 3.36. The highest BCUT2D eigenvalue weighted by Crippen LogP contribution is 2.24. The van der Waals surface area contributed by atoms with E-state index >= 15 is 0 Å². The first-order valence-electron chi connectivity index (χ1n) is 9.22. The maximum Gasteiger partial charge on any atom is 0.243 e. The second-order valence-electron chi connectivity index (χ2n) is 6.90. The first kappa shape index (κ1) is 19.0. The van der Waals surface area contributed by atoms with Gasteiger partial charge in [0.05, 0.1) is 4.90 Å². The van der Waals surface area contributed by atoms with Gasteiger partial charge in [-0.05, 0) is 31.0 Å². The van der Waals surface area contributed by atoms with Gasteiger partial charge in [0.1, 0.15) is 18.0 Å². The summed E-state index contributed by atoms with van der Waals surface area (Å²) in [5.41, 5.74) is 0. The maximum absolute atomic E-state index is 13.4. The minimum atomic E-state index is -3.87. The molecule has 0 saturated carbocycles. The van der Waals surface area contributed by atoms with Gasteiger partial charge >= 0.3 is 0 Å². The molecule has 1 aromatic heterocycles. The van der Waals surface area contributed by atoms with Crippen LogP contribution < -0.4 is 9.80 Å². The van der Waals surface area contributed by atoms with E-state index in [1.807, 2.05) is 11.0 Å². The zero-order chi connectivity index (χ0) is 19.7. The van der Waals surface area contributed by atoms with Crippen molar-refractivity contribution in [1.29, 1.82) is 0 Å². The quantitative estimate of drug-likeness (QED) is 0.768. The molecular weight excluding hydrogens is 388 g/mol. The van der Waals surface area contributed by atoms with Gasteiger partial charge in [-0.1, -0.05) is 0 Å². The van der Waals surface area contributed by atoms with E-state index in [4.69, 9.17) is 0 Å². The molecule has 4 rings (SSSR count). The van der Waals surface area contributed by atoms with E-state index in [1.54, 1.807) is 0 Å². The fourth-order valence-corrected chi connectivity index (χ4v) is 5.01. The van der Waals surface area contributed by atoms with E-state index in [2.05, 4.69) is 14.9 Å². The number of nitrogens with zero attached hydrogens (tertiary/aromatic N) is 5. The third kappa shape index (κ3) is 3.66. The molecule has 0 bridgehead atoms. The summed E-state index contributed by atoms with van der Waals surface area (Å²) < 4.78 is 53.3. The Kier molecular flexibility index (Phi) is 5.15. The number of piperazine rings is 1. The molecule has 10 heteroatoms. The Morgan fingerprint density at radius 1 is 0.786 bits per heavy atom. The standard InChI is InChI=1S/C18H21F2N5O2S/c19-15-4-3-14(11-16(15)20)28(26,27)25-9-7-24(8-10-25)18-12-17(21-13-22-18)23-5-1-2-6-23/h3-4,11-13H,1-2,5-10H2. The normalized spacial score (nSPS) is 18.6. The van der Waals surface area contributed by atoms with Gasteiger partial charge in [0, 0.05) is 45.3 Å². The van der Waals surface area contributed by atoms with Crippen molar-refractivity contribution in [2.24, 2.45) is 0 Å². The van der Waals surface area contributed by atoms with Crippen molar-refractivity contribution in [2.75, 3.05) is 49.1 Å². The van der Waals surface area contributed by atoms with Crippen LogP contribution >= 0.6 is 0 Å². The van der Waals surface area contributed by atoms with Crippen LogP contribution in [0.4, 0.5) is 20.4 Å². The van der Waals surface area contributed by atoms with E-state index < -0.39 is 21.7 Å². The SMILES string of the molecule is O=S(=O)(c1ccc(F)c(F)c1)N1CCN(c2cc(N3CCCC3)ncn2)CC1. The summed E-state index contributed by atoms with van der Waals surface area (Å²) in [6.07, 6.45) is 3.84. The van der Waals surface area contributed by atoms with Gasteiger partial charge in [0.15, 0.2) is 11.6 Å². The zero-order valence-corrected chi connectivity index (χ0v) is 16.1. The average Bonchev–Trinajstić information content (AvgIpc) is 3.25. The smallest absolute Gasteiger partial charge is 0.243 e. The van der Waals surface area contributed by atoms with Gasteiger partial charge in [0.2, 0.25) is 10.0 Å². The summed E-state index contributed by atoms with van der Waals surface area (Å²) >= 11 is 0. The lowest BCUT2D eigenvalue weighted by Crippen LogP contribution is -2.49. The minimum absolute atomic E-state index is 0.238. The van der Waals surface area contributed by atoms with Crippen LogP contribution in [0.5, 0.6) is 0 Å². The molecule has 2 aliphatic rings. The maximum atomic E-state index is 13.4. The van der Waals surface area contributed by atoms with Crippen molar-refractivity contribution >= 4 is 21.7 Å². The largest absolute Gasteiger partial charge is 0.356 e. The first-order chi connectivity index (χ1) is 13.4. The highest BCUT2D eigenvalue weighted by Gasteiger charge is 2.30. The van der Waals surface area contributed by atoms with Crippen molar-refractivity contribution in [3.63, 3.8) is 0 Å². The number of sulfonamides is 1.